The molecule has 0 saturated heterocycles. The van der Waals surface area contributed by atoms with E-state index in [0.29, 0.717) is 17.3 Å². The first-order valence-corrected chi connectivity index (χ1v) is 5.67. The first kappa shape index (κ1) is 12.3. The van der Waals surface area contributed by atoms with Gasteiger partial charge in [-0.2, -0.15) is 4.98 Å². The van der Waals surface area contributed by atoms with Gasteiger partial charge in [-0.25, -0.2) is 9.37 Å². The molecule has 4 nitrogen and oxygen atoms in total. The molecule has 0 aliphatic carbocycles. The van der Waals surface area contributed by atoms with Crippen LogP contribution in [0.15, 0.2) is 30.5 Å². The Morgan fingerprint density at radius 1 is 1.33 bits per heavy atom. The van der Waals surface area contributed by atoms with Crippen LogP contribution in [0.1, 0.15) is 24.1 Å². The average Bonchev–Trinajstić information content (AvgIpc) is 2.32. The number of anilines is 2. The number of nitrogens with one attached hydrogen (secondary N) is 1. The SMILES string of the molecule is Cc1ccc(C(C)Nc2nccc(N)n2)cc1F. The van der Waals surface area contributed by atoms with Crippen molar-refractivity contribution in [1.82, 2.24) is 9.97 Å². The van der Waals surface area contributed by atoms with E-state index in [9.17, 15) is 4.39 Å². The Hall–Kier alpha value is -2.17. The molecule has 94 valence electrons. The standard InChI is InChI=1S/C13H15FN4/c1-8-3-4-10(7-11(8)14)9(2)17-13-16-6-5-12(15)18-13/h3-7,9H,1-2H3,(H3,15,16,17,18). The minimum Gasteiger partial charge on any atom is -0.384 e. The quantitative estimate of drug-likeness (QED) is 0.874. The van der Waals surface area contributed by atoms with Crippen LogP contribution >= 0.6 is 0 Å². The van der Waals surface area contributed by atoms with Crippen LogP contribution in [0.2, 0.25) is 0 Å². The summed E-state index contributed by atoms with van der Waals surface area (Å²) in [5.41, 5.74) is 7.03. The van der Waals surface area contributed by atoms with Crippen molar-refractivity contribution >= 4 is 11.8 Å². The van der Waals surface area contributed by atoms with Crippen LogP contribution in [0, 0.1) is 12.7 Å². The molecule has 0 aliphatic rings. The fraction of sp³-hybridized carbons (Fsp3) is 0.231. The number of nitrogen functional groups attached to an aromatic ring is 1. The Balaban J connectivity index is 2.16. The van der Waals surface area contributed by atoms with Crippen LogP contribution in [0.4, 0.5) is 16.2 Å². The van der Waals surface area contributed by atoms with Crippen molar-refractivity contribution in [3.63, 3.8) is 0 Å². The van der Waals surface area contributed by atoms with E-state index in [1.165, 1.54) is 6.07 Å². The Labute approximate surface area is 105 Å². The summed E-state index contributed by atoms with van der Waals surface area (Å²) in [5.74, 6) is 0.618. The zero-order valence-electron chi connectivity index (χ0n) is 10.3. The van der Waals surface area contributed by atoms with E-state index < -0.39 is 0 Å². The zero-order valence-corrected chi connectivity index (χ0v) is 10.3. The van der Waals surface area contributed by atoms with Crippen LogP contribution in [0.25, 0.3) is 0 Å². The fourth-order valence-corrected chi connectivity index (χ4v) is 1.60. The minimum absolute atomic E-state index is 0.0955. The van der Waals surface area contributed by atoms with Gasteiger partial charge >= 0.3 is 0 Å². The van der Waals surface area contributed by atoms with Gasteiger partial charge in [0.15, 0.2) is 0 Å². The van der Waals surface area contributed by atoms with Crippen LogP contribution in [-0.4, -0.2) is 9.97 Å². The molecule has 1 unspecified atom stereocenters. The van der Waals surface area contributed by atoms with Gasteiger partial charge in [-0.15, -0.1) is 0 Å². The highest BCUT2D eigenvalue weighted by atomic mass is 19.1. The molecule has 1 heterocycles. The molecule has 5 heteroatoms. The van der Waals surface area contributed by atoms with Crippen molar-refractivity contribution in [3.8, 4) is 0 Å². The number of benzene rings is 1. The lowest BCUT2D eigenvalue weighted by Gasteiger charge is -2.14. The van der Waals surface area contributed by atoms with Gasteiger partial charge in [0.25, 0.3) is 0 Å². The molecule has 0 amide bonds. The van der Waals surface area contributed by atoms with E-state index in [0.717, 1.165) is 5.56 Å². The molecule has 0 saturated carbocycles. The topological polar surface area (TPSA) is 63.8 Å². The lowest BCUT2D eigenvalue weighted by Crippen LogP contribution is -2.10. The summed E-state index contributed by atoms with van der Waals surface area (Å²) >= 11 is 0. The number of rotatable bonds is 3. The Morgan fingerprint density at radius 3 is 2.78 bits per heavy atom. The number of hydrogen-bond acceptors (Lipinski definition) is 4. The molecular formula is C13H15FN4. The van der Waals surface area contributed by atoms with Gasteiger partial charge in [0.1, 0.15) is 11.6 Å². The summed E-state index contributed by atoms with van der Waals surface area (Å²) in [5, 5.41) is 3.08. The van der Waals surface area contributed by atoms with Gasteiger partial charge in [-0.05, 0) is 37.1 Å². The molecule has 2 rings (SSSR count). The second-order valence-electron chi connectivity index (χ2n) is 4.18. The smallest absolute Gasteiger partial charge is 0.225 e. The van der Waals surface area contributed by atoms with Crippen LogP contribution in [-0.2, 0) is 0 Å². The summed E-state index contributed by atoms with van der Waals surface area (Å²) in [6, 6.07) is 6.66. The summed E-state index contributed by atoms with van der Waals surface area (Å²) in [6.45, 7) is 3.65. The lowest BCUT2D eigenvalue weighted by atomic mass is 10.1. The predicted molar refractivity (Wildman–Crippen MR) is 69.6 cm³/mol. The minimum atomic E-state index is -0.213. The molecule has 2 aromatic rings. The van der Waals surface area contributed by atoms with Crippen LogP contribution < -0.4 is 11.1 Å². The predicted octanol–water partition coefficient (Wildman–Crippen LogP) is 2.68. The van der Waals surface area contributed by atoms with E-state index in [-0.39, 0.29) is 11.9 Å². The maximum Gasteiger partial charge on any atom is 0.225 e. The highest BCUT2D eigenvalue weighted by molar-refractivity contribution is 5.38. The van der Waals surface area contributed by atoms with E-state index >= 15 is 0 Å². The molecule has 1 aromatic heterocycles. The van der Waals surface area contributed by atoms with Crippen molar-refractivity contribution < 1.29 is 4.39 Å². The number of halogens is 1. The monoisotopic (exact) mass is 246 g/mol. The van der Waals surface area contributed by atoms with Gasteiger partial charge < -0.3 is 11.1 Å². The van der Waals surface area contributed by atoms with Gasteiger partial charge in [-0.1, -0.05) is 12.1 Å². The normalized spacial score (nSPS) is 12.2. The second kappa shape index (κ2) is 5.00. The molecule has 18 heavy (non-hydrogen) atoms. The third kappa shape index (κ3) is 2.74. The molecule has 0 spiro atoms. The lowest BCUT2D eigenvalue weighted by molar-refractivity contribution is 0.614. The summed E-state index contributed by atoms with van der Waals surface area (Å²) < 4.78 is 13.5. The van der Waals surface area contributed by atoms with E-state index in [1.807, 2.05) is 13.0 Å². The van der Waals surface area contributed by atoms with Crippen molar-refractivity contribution in [1.29, 1.82) is 0 Å². The molecule has 1 atom stereocenters. The summed E-state index contributed by atoms with van der Waals surface area (Å²) in [7, 11) is 0. The molecular weight excluding hydrogens is 231 g/mol. The molecule has 0 radical (unpaired) electrons. The van der Waals surface area contributed by atoms with Crippen molar-refractivity contribution in [2.24, 2.45) is 0 Å². The second-order valence-corrected chi connectivity index (χ2v) is 4.18. The number of hydrogen-bond donors (Lipinski definition) is 2. The molecule has 0 fully saturated rings. The van der Waals surface area contributed by atoms with E-state index in [4.69, 9.17) is 5.73 Å². The molecule has 3 N–H and O–H groups in total. The zero-order chi connectivity index (χ0) is 13.1. The number of nitrogens with two attached hydrogens (primary N) is 1. The summed E-state index contributed by atoms with van der Waals surface area (Å²) in [4.78, 5) is 8.09. The largest absolute Gasteiger partial charge is 0.384 e. The highest BCUT2D eigenvalue weighted by Gasteiger charge is 2.09. The maximum atomic E-state index is 13.5. The third-order valence-corrected chi connectivity index (χ3v) is 2.72. The fourth-order valence-electron chi connectivity index (χ4n) is 1.60. The third-order valence-electron chi connectivity index (χ3n) is 2.72. The summed E-state index contributed by atoms with van der Waals surface area (Å²) in [6.07, 6.45) is 1.58. The van der Waals surface area contributed by atoms with Crippen molar-refractivity contribution in [2.75, 3.05) is 11.1 Å². The first-order chi connectivity index (χ1) is 8.56. The van der Waals surface area contributed by atoms with Gasteiger partial charge in [0.2, 0.25) is 5.95 Å². The number of aryl methyl sites for hydroxylation is 1. The van der Waals surface area contributed by atoms with E-state index in [2.05, 4.69) is 15.3 Å². The molecule has 0 aliphatic heterocycles. The van der Waals surface area contributed by atoms with Crippen molar-refractivity contribution in [2.45, 2.75) is 19.9 Å². The number of aromatic nitrogens is 2. The Morgan fingerprint density at radius 2 is 2.11 bits per heavy atom. The van der Waals surface area contributed by atoms with Crippen molar-refractivity contribution in [3.05, 3.63) is 47.4 Å². The van der Waals surface area contributed by atoms with E-state index in [1.54, 1.807) is 25.3 Å². The van der Waals surface area contributed by atoms with Gasteiger partial charge in [0, 0.05) is 6.20 Å². The molecule has 0 bridgehead atoms. The van der Waals surface area contributed by atoms with Crippen LogP contribution in [0.5, 0.6) is 0 Å². The average molecular weight is 246 g/mol. The first-order valence-electron chi connectivity index (χ1n) is 5.67. The maximum absolute atomic E-state index is 13.5. The van der Waals surface area contributed by atoms with Gasteiger partial charge in [0.05, 0.1) is 6.04 Å². The molecule has 1 aromatic carbocycles. The highest BCUT2D eigenvalue weighted by Crippen LogP contribution is 2.19. The number of nitrogens with zero attached hydrogens (tertiary/aromatic N) is 2. The Bertz CT molecular complexity index is 556. The van der Waals surface area contributed by atoms with Gasteiger partial charge in [-0.3, -0.25) is 0 Å². The Kier molecular flexibility index (Phi) is 3.41. The van der Waals surface area contributed by atoms with Crippen LogP contribution in [0.3, 0.4) is 0 Å².